The Balaban J connectivity index is 1.51. The first-order chi connectivity index (χ1) is 18.7. The van der Waals surface area contributed by atoms with Crippen LogP contribution in [0.5, 0.6) is 0 Å². The zero-order valence-electron chi connectivity index (χ0n) is 20.5. The molecule has 5 nitrogen and oxygen atoms in total. The van der Waals surface area contributed by atoms with Gasteiger partial charge >= 0.3 is 5.97 Å². The molecule has 1 fully saturated rings. The topological polar surface area (TPSA) is 59.0 Å². The fraction of sp³-hybridized carbons (Fsp3) is 0.121. The number of aliphatic imine (C=N–C) groups is 1. The van der Waals surface area contributed by atoms with Crippen LogP contribution in [0.4, 0.5) is 5.69 Å². The summed E-state index contributed by atoms with van der Waals surface area (Å²) in [4.78, 5) is 35.8. The van der Waals surface area contributed by atoms with E-state index >= 15 is 0 Å². The van der Waals surface area contributed by atoms with Gasteiger partial charge in [-0.2, -0.15) is 0 Å². The summed E-state index contributed by atoms with van der Waals surface area (Å²) in [5.41, 5.74) is 2.76. The van der Waals surface area contributed by atoms with Gasteiger partial charge in [-0.05, 0) is 29.3 Å². The maximum absolute atomic E-state index is 14.4. The van der Waals surface area contributed by atoms with Gasteiger partial charge in [-0.15, -0.1) is 0 Å². The number of benzene rings is 4. The lowest BCUT2D eigenvalue weighted by atomic mass is 9.74. The molecule has 0 bridgehead atoms. The molecule has 0 N–H and O–H groups in total. The van der Waals surface area contributed by atoms with Gasteiger partial charge in [0.1, 0.15) is 6.04 Å². The van der Waals surface area contributed by atoms with Crippen molar-refractivity contribution in [1.29, 1.82) is 0 Å². The summed E-state index contributed by atoms with van der Waals surface area (Å²) in [7, 11) is 0. The number of ketones is 1. The van der Waals surface area contributed by atoms with Crippen molar-refractivity contribution < 1.29 is 14.3 Å². The van der Waals surface area contributed by atoms with Crippen LogP contribution < -0.4 is 4.90 Å². The number of esters is 1. The fourth-order valence-electron chi connectivity index (χ4n) is 6.21. The number of hydrogen-bond donors (Lipinski definition) is 0. The summed E-state index contributed by atoms with van der Waals surface area (Å²) in [6.07, 6.45) is 4.04. The largest absolute Gasteiger partial charge is 0.405 e. The lowest BCUT2D eigenvalue weighted by Gasteiger charge is -2.35. The van der Waals surface area contributed by atoms with Crippen LogP contribution >= 0.6 is 0 Å². The van der Waals surface area contributed by atoms with E-state index in [0.717, 1.165) is 22.4 Å². The highest BCUT2D eigenvalue weighted by Gasteiger charge is 2.69. The number of rotatable bonds is 4. The van der Waals surface area contributed by atoms with Crippen molar-refractivity contribution in [2.45, 2.75) is 23.5 Å². The first kappa shape index (κ1) is 22.4. The van der Waals surface area contributed by atoms with Crippen LogP contribution in [0.2, 0.25) is 0 Å². The highest BCUT2D eigenvalue weighted by molar-refractivity contribution is 6.12. The molecule has 7 rings (SSSR count). The third-order valence-corrected chi connectivity index (χ3v) is 7.82. The average molecular weight is 497 g/mol. The van der Waals surface area contributed by atoms with Gasteiger partial charge < -0.3 is 9.64 Å². The Labute approximate surface area is 220 Å². The molecule has 184 valence electrons. The number of para-hydroxylation sites is 1. The zero-order chi connectivity index (χ0) is 25.7. The van der Waals surface area contributed by atoms with E-state index in [4.69, 9.17) is 9.73 Å². The summed E-state index contributed by atoms with van der Waals surface area (Å²) in [6, 6.07) is 35.4. The van der Waals surface area contributed by atoms with Crippen molar-refractivity contribution in [3.63, 3.8) is 0 Å². The number of carbonyl (C=O) groups excluding carboxylic acids is 2. The molecule has 0 aliphatic carbocycles. The minimum Gasteiger partial charge on any atom is -0.405 e. The maximum Gasteiger partial charge on any atom is 0.344 e. The van der Waals surface area contributed by atoms with E-state index < -0.39 is 29.5 Å². The lowest BCUT2D eigenvalue weighted by molar-refractivity contribution is -0.139. The summed E-state index contributed by atoms with van der Waals surface area (Å²) < 4.78 is 5.95. The van der Waals surface area contributed by atoms with E-state index in [1.807, 2.05) is 127 Å². The number of hydrogen-bond acceptors (Lipinski definition) is 5. The fourth-order valence-corrected chi connectivity index (χ4v) is 6.21. The number of Topliss-reactive ketones (excluding diaryl/α,β-unsaturated/α-hetero) is 1. The normalized spacial score (nSPS) is 25.1. The number of fused-ring (bicyclic) bond motifs is 4. The standard InChI is InChI=1S/C33H24N2O3/c36-30(24-15-6-2-7-16-24)29-28(23-13-4-1-5-14-23)33(27-21-20-22-12-10-11-19-26(22)35(27)29)32(37)38-31(34-33)25-17-8-3-9-18-25/h1-21,27-29H/t27?,28-,29+,33-/m0/s1. The molecule has 0 radical (unpaired) electrons. The molecule has 1 spiro atoms. The van der Waals surface area contributed by atoms with E-state index in [2.05, 4.69) is 4.90 Å². The Morgan fingerprint density at radius 2 is 1.42 bits per heavy atom. The smallest absolute Gasteiger partial charge is 0.344 e. The van der Waals surface area contributed by atoms with Gasteiger partial charge in [-0.3, -0.25) is 4.79 Å². The molecule has 1 saturated heterocycles. The van der Waals surface area contributed by atoms with E-state index in [0.29, 0.717) is 5.56 Å². The number of anilines is 1. The number of cyclic esters (lactones) is 1. The molecule has 38 heavy (non-hydrogen) atoms. The third-order valence-electron chi connectivity index (χ3n) is 7.82. The van der Waals surface area contributed by atoms with E-state index in [-0.39, 0.29) is 11.7 Å². The Morgan fingerprint density at radius 1 is 0.789 bits per heavy atom. The second-order valence-electron chi connectivity index (χ2n) is 9.83. The van der Waals surface area contributed by atoms with Crippen molar-refractivity contribution >= 4 is 29.4 Å². The third kappa shape index (κ3) is 3.21. The Bertz CT molecular complexity index is 1600. The molecule has 5 heteroatoms. The molecule has 0 amide bonds. The zero-order valence-corrected chi connectivity index (χ0v) is 20.5. The van der Waals surface area contributed by atoms with Gasteiger partial charge in [0.05, 0.1) is 12.0 Å². The first-order valence-electron chi connectivity index (χ1n) is 12.8. The Morgan fingerprint density at radius 3 is 2.16 bits per heavy atom. The Kier molecular flexibility index (Phi) is 5.11. The minimum atomic E-state index is -1.34. The second-order valence-corrected chi connectivity index (χ2v) is 9.83. The van der Waals surface area contributed by atoms with Gasteiger partial charge in [0.25, 0.3) is 0 Å². The van der Waals surface area contributed by atoms with E-state index in [9.17, 15) is 9.59 Å². The molecular formula is C33H24N2O3. The molecule has 3 aliphatic heterocycles. The number of ether oxygens (including phenoxy) is 1. The molecule has 4 aromatic carbocycles. The Hall–Kier alpha value is -4.77. The molecule has 3 aliphatic rings. The summed E-state index contributed by atoms with van der Waals surface area (Å²) in [5.74, 6) is -0.780. The van der Waals surface area contributed by atoms with Crippen LogP contribution in [0.25, 0.3) is 6.08 Å². The van der Waals surface area contributed by atoms with Gasteiger partial charge in [0, 0.05) is 16.8 Å². The van der Waals surface area contributed by atoms with Crippen LogP contribution in [0, 0.1) is 0 Å². The van der Waals surface area contributed by atoms with Crippen LogP contribution in [0.3, 0.4) is 0 Å². The van der Waals surface area contributed by atoms with Gasteiger partial charge in [-0.1, -0.05) is 109 Å². The quantitative estimate of drug-likeness (QED) is 0.269. The van der Waals surface area contributed by atoms with Crippen LogP contribution in [0.15, 0.2) is 126 Å². The molecule has 3 heterocycles. The van der Waals surface area contributed by atoms with Gasteiger partial charge in [0.15, 0.2) is 11.3 Å². The van der Waals surface area contributed by atoms with E-state index in [1.54, 1.807) is 0 Å². The van der Waals surface area contributed by atoms with Crippen LogP contribution in [-0.2, 0) is 9.53 Å². The molecule has 1 unspecified atom stereocenters. The maximum atomic E-state index is 14.4. The van der Waals surface area contributed by atoms with Crippen molar-refractivity contribution in [2.24, 2.45) is 4.99 Å². The van der Waals surface area contributed by atoms with Crippen LogP contribution in [0.1, 0.15) is 33.0 Å². The van der Waals surface area contributed by atoms with Gasteiger partial charge in [0.2, 0.25) is 5.90 Å². The first-order valence-corrected chi connectivity index (χ1v) is 12.8. The molecule has 0 aromatic heterocycles. The molecular weight excluding hydrogens is 472 g/mol. The van der Waals surface area contributed by atoms with Gasteiger partial charge in [-0.25, -0.2) is 9.79 Å². The molecule has 0 saturated carbocycles. The number of carbonyl (C=O) groups is 2. The summed E-state index contributed by atoms with van der Waals surface area (Å²) >= 11 is 0. The predicted molar refractivity (Wildman–Crippen MR) is 147 cm³/mol. The van der Waals surface area contributed by atoms with Crippen LogP contribution in [-0.4, -0.2) is 35.3 Å². The summed E-state index contributed by atoms with van der Waals surface area (Å²) in [6.45, 7) is 0. The minimum absolute atomic E-state index is 0.0532. The number of nitrogens with zero attached hydrogens (tertiary/aromatic N) is 2. The van der Waals surface area contributed by atoms with Crippen molar-refractivity contribution in [3.8, 4) is 0 Å². The average Bonchev–Trinajstić information content (AvgIpc) is 3.49. The van der Waals surface area contributed by atoms with E-state index in [1.165, 1.54) is 0 Å². The van der Waals surface area contributed by atoms with Crippen molar-refractivity contribution in [1.82, 2.24) is 0 Å². The predicted octanol–water partition coefficient (Wildman–Crippen LogP) is 5.68. The second kappa shape index (κ2) is 8.67. The molecule has 4 aromatic rings. The van der Waals surface area contributed by atoms with Crippen molar-refractivity contribution in [3.05, 3.63) is 144 Å². The van der Waals surface area contributed by atoms with Crippen molar-refractivity contribution in [2.75, 3.05) is 4.90 Å². The highest BCUT2D eigenvalue weighted by atomic mass is 16.6. The molecule has 4 atom stereocenters. The SMILES string of the molecule is O=C(c1ccccc1)[C@H]1[C@H](c2ccccc2)[C@@]2(N=C(c3ccccc3)OC2=O)C2C=Cc3ccccc3N21. The highest BCUT2D eigenvalue weighted by Crippen LogP contribution is 2.55. The summed E-state index contributed by atoms with van der Waals surface area (Å²) in [5, 5.41) is 0. The monoisotopic (exact) mass is 496 g/mol. The lowest BCUT2D eigenvalue weighted by Crippen LogP contribution is -2.49.